The van der Waals surface area contributed by atoms with Gasteiger partial charge in [0.05, 0.1) is 4.91 Å². The van der Waals surface area contributed by atoms with E-state index in [0.29, 0.717) is 22.2 Å². The summed E-state index contributed by atoms with van der Waals surface area (Å²) < 4.78 is 0.585. The summed E-state index contributed by atoms with van der Waals surface area (Å²) in [6, 6.07) is 6.35. The van der Waals surface area contributed by atoms with Gasteiger partial charge in [0.25, 0.3) is 5.91 Å². The molecule has 0 bridgehead atoms. The Kier molecular flexibility index (Phi) is 6.55. The summed E-state index contributed by atoms with van der Waals surface area (Å²) in [5.41, 5.74) is 3.63. The van der Waals surface area contributed by atoms with E-state index in [4.69, 9.17) is 17.3 Å². The molecule has 7 heteroatoms. The molecule has 1 aromatic carbocycles. The lowest BCUT2D eigenvalue weighted by atomic mass is 9.99. The third kappa shape index (κ3) is 4.90. The van der Waals surface area contributed by atoms with Gasteiger partial charge in [-0.1, -0.05) is 36.5 Å². The van der Waals surface area contributed by atoms with Crippen LogP contribution in [0.25, 0.3) is 6.08 Å². The normalized spacial score (nSPS) is 18.3. The maximum Gasteiger partial charge on any atom is 0.303 e. The fraction of sp³-hybridized carbons (Fsp3) is 0.450. The molecule has 0 atom stereocenters. The number of anilines is 1. The van der Waals surface area contributed by atoms with Gasteiger partial charge in [0.1, 0.15) is 4.32 Å². The van der Waals surface area contributed by atoms with E-state index < -0.39 is 5.97 Å². The maximum atomic E-state index is 12.7. The number of aliphatic carboxylic acids is 1. The number of carboxylic acids is 1. The predicted octanol–water partition coefficient (Wildman–Crippen LogP) is 3.92. The molecular weight excluding hydrogens is 380 g/mol. The highest BCUT2D eigenvalue weighted by Crippen LogP contribution is 2.34. The predicted molar refractivity (Wildman–Crippen MR) is 114 cm³/mol. The number of unbranched alkanes of at least 4 members (excludes halogenated alkanes) is 2. The number of rotatable bonds is 7. The van der Waals surface area contributed by atoms with Gasteiger partial charge in [0, 0.05) is 32.2 Å². The third-order valence-electron chi connectivity index (χ3n) is 4.90. The van der Waals surface area contributed by atoms with Crippen LogP contribution in [0.15, 0.2) is 23.1 Å². The van der Waals surface area contributed by atoms with Crippen LogP contribution in [-0.2, 0) is 16.0 Å². The Morgan fingerprint density at radius 2 is 2.15 bits per heavy atom. The number of carboxylic acid groups (broad SMARTS) is 1. The molecule has 0 unspecified atom stereocenters. The summed E-state index contributed by atoms with van der Waals surface area (Å²) in [6.07, 6.45) is 6.49. The highest BCUT2D eigenvalue weighted by molar-refractivity contribution is 8.26. The van der Waals surface area contributed by atoms with Crippen LogP contribution in [0.2, 0.25) is 0 Å². The lowest BCUT2D eigenvalue weighted by Crippen LogP contribution is -2.29. The van der Waals surface area contributed by atoms with Crippen LogP contribution >= 0.6 is 24.0 Å². The summed E-state index contributed by atoms with van der Waals surface area (Å²) in [5.74, 6) is -0.821. The Labute approximate surface area is 169 Å². The van der Waals surface area contributed by atoms with E-state index in [2.05, 4.69) is 30.1 Å². The average molecular weight is 405 g/mol. The first kappa shape index (κ1) is 19.9. The van der Waals surface area contributed by atoms with E-state index in [9.17, 15) is 9.59 Å². The molecule has 0 aromatic heterocycles. The average Bonchev–Trinajstić information content (AvgIpc) is 2.88. The summed E-state index contributed by atoms with van der Waals surface area (Å²) in [7, 11) is 2.11. The number of amides is 1. The molecular formula is C20H24N2O3S2. The second kappa shape index (κ2) is 8.89. The number of aryl methyl sites for hydroxylation is 1. The summed E-state index contributed by atoms with van der Waals surface area (Å²) in [5, 5.41) is 8.67. The van der Waals surface area contributed by atoms with Gasteiger partial charge in [0.2, 0.25) is 0 Å². The standard InChI is InChI=1S/C20H24N2O3S2/c1-21-10-5-6-15-12-14(8-9-16(15)21)13-17-19(25)22(20(26)27-17)11-4-2-3-7-18(23)24/h8-9,12-13H,2-7,10-11H2,1H3,(H,23,24). The van der Waals surface area contributed by atoms with E-state index in [-0.39, 0.29) is 12.3 Å². The highest BCUT2D eigenvalue weighted by atomic mass is 32.2. The largest absolute Gasteiger partial charge is 0.481 e. The minimum absolute atomic E-state index is 0.0435. The first-order valence-corrected chi connectivity index (χ1v) is 10.5. The van der Waals surface area contributed by atoms with Crippen LogP contribution in [0.4, 0.5) is 5.69 Å². The van der Waals surface area contributed by atoms with Crippen LogP contribution in [-0.4, -0.2) is 46.3 Å². The van der Waals surface area contributed by atoms with Gasteiger partial charge >= 0.3 is 5.97 Å². The Morgan fingerprint density at radius 1 is 1.33 bits per heavy atom. The minimum atomic E-state index is -0.778. The van der Waals surface area contributed by atoms with E-state index in [1.165, 1.54) is 23.0 Å². The van der Waals surface area contributed by atoms with Crippen molar-refractivity contribution in [1.82, 2.24) is 4.90 Å². The minimum Gasteiger partial charge on any atom is -0.481 e. The molecule has 3 rings (SSSR count). The van der Waals surface area contributed by atoms with Crippen molar-refractivity contribution in [2.75, 3.05) is 25.0 Å². The van der Waals surface area contributed by atoms with Gasteiger partial charge in [-0.15, -0.1) is 0 Å². The Morgan fingerprint density at radius 3 is 2.93 bits per heavy atom. The third-order valence-corrected chi connectivity index (χ3v) is 6.28. The SMILES string of the molecule is CN1CCCc2cc(C=C3SC(=S)N(CCCCCC(=O)O)C3=O)ccc21. The van der Waals surface area contributed by atoms with Crippen LogP contribution in [0.5, 0.6) is 0 Å². The number of carbonyl (C=O) groups excluding carboxylic acids is 1. The van der Waals surface area contributed by atoms with Crippen LogP contribution < -0.4 is 4.90 Å². The van der Waals surface area contributed by atoms with Crippen molar-refractivity contribution in [1.29, 1.82) is 0 Å². The Balaban J connectivity index is 1.63. The molecule has 1 aromatic rings. The van der Waals surface area contributed by atoms with Gasteiger partial charge < -0.3 is 10.0 Å². The maximum absolute atomic E-state index is 12.7. The van der Waals surface area contributed by atoms with Gasteiger partial charge in [-0.3, -0.25) is 14.5 Å². The van der Waals surface area contributed by atoms with Gasteiger partial charge in [-0.2, -0.15) is 0 Å². The zero-order valence-electron chi connectivity index (χ0n) is 15.4. The number of fused-ring (bicyclic) bond motifs is 1. The molecule has 2 aliphatic heterocycles. The van der Waals surface area contributed by atoms with Crippen molar-refractivity contribution in [3.05, 3.63) is 34.2 Å². The lowest BCUT2D eigenvalue weighted by molar-refractivity contribution is -0.137. The van der Waals surface area contributed by atoms with Crippen molar-refractivity contribution in [2.24, 2.45) is 0 Å². The second-order valence-electron chi connectivity index (χ2n) is 6.95. The molecule has 2 aliphatic rings. The van der Waals surface area contributed by atoms with E-state index >= 15 is 0 Å². The zero-order chi connectivity index (χ0) is 19.4. The first-order chi connectivity index (χ1) is 13.0. The molecule has 0 saturated carbocycles. The van der Waals surface area contributed by atoms with Crippen LogP contribution in [0.3, 0.4) is 0 Å². The number of thiocarbonyl (C=S) groups is 1. The molecule has 1 N–H and O–H groups in total. The van der Waals surface area contributed by atoms with E-state index in [1.807, 2.05) is 6.08 Å². The number of benzene rings is 1. The van der Waals surface area contributed by atoms with Crippen molar-refractivity contribution < 1.29 is 14.7 Å². The summed E-state index contributed by atoms with van der Waals surface area (Å²) >= 11 is 6.72. The Hall–Kier alpha value is -1.86. The topological polar surface area (TPSA) is 60.9 Å². The molecule has 144 valence electrons. The highest BCUT2D eigenvalue weighted by Gasteiger charge is 2.31. The summed E-state index contributed by atoms with van der Waals surface area (Å²) in [6.45, 7) is 1.63. The van der Waals surface area contributed by atoms with Gasteiger partial charge in [0.15, 0.2) is 0 Å². The quantitative estimate of drug-likeness (QED) is 0.422. The zero-order valence-corrected chi connectivity index (χ0v) is 17.1. The van der Waals surface area contributed by atoms with Crippen LogP contribution in [0.1, 0.15) is 43.2 Å². The molecule has 27 heavy (non-hydrogen) atoms. The van der Waals surface area contributed by atoms with Crippen LogP contribution in [0, 0.1) is 0 Å². The van der Waals surface area contributed by atoms with Crippen molar-refractivity contribution in [3.63, 3.8) is 0 Å². The van der Waals surface area contributed by atoms with Crippen molar-refractivity contribution >= 4 is 51.9 Å². The molecule has 0 spiro atoms. The smallest absolute Gasteiger partial charge is 0.303 e. The molecule has 5 nitrogen and oxygen atoms in total. The second-order valence-corrected chi connectivity index (χ2v) is 8.63. The lowest BCUT2D eigenvalue weighted by Gasteiger charge is -2.27. The molecule has 1 saturated heterocycles. The fourth-order valence-electron chi connectivity index (χ4n) is 3.46. The fourth-order valence-corrected chi connectivity index (χ4v) is 4.77. The van der Waals surface area contributed by atoms with Gasteiger partial charge in [-0.25, -0.2) is 0 Å². The molecule has 0 radical (unpaired) electrons. The summed E-state index contributed by atoms with van der Waals surface area (Å²) in [4.78, 5) is 27.8. The molecule has 0 aliphatic carbocycles. The number of nitrogens with zero attached hydrogens (tertiary/aromatic N) is 2. The van der Waals surface area contributed by atoms with E-state index in [0.717, 1.165) is 37.8 Å². The first-order valence-electron chi connectivity index (χ1n) is 9.27. The number of hydrogen-bond acceptors (Lipinski definition) is 5. The number of carbonyl (C=O) groups is 2. The molecule has 2 heterocycles. The monoisotopic (exact) mass is 404 g/mol. The van der Waals surface area contributed by atoms with Crippen molar-refractivity contribution in [2.45, 2.75) is 38.5 Å². The van der Waals surface area contributed by atoms with Gasteiger partial charge in [-0.05, 0) is 55.0 Å². The molecule has 1 amide bonds. The Bertz CT molecular complexity index is 791. The van der Waals surface area contributed by atoms with E-state index in [1.54, 1.807) is 4.90 Å². The number of hydrogen-bond donors (Lipinski definition) is 1. The number of thioether (sulfide) groups is 1. The molecule has 1 fully saturated rings. The van der Waals surface area contributed by atoms with Crippen molar-refractivity contribution in [3.8, 4) is 0 Å².